The van der Waals surface area contributed by atoms with E-state index in [-0.39, 0.29) is 0 Å². The van der Waals surface area contributed by atoms with E-state index in [0.29, 0.717) is 0 Å². The van der Waals surface area contributed by atoms with E-state index in [1.165, 1.54) is 0 Å². The van der Waals surface area contributed by atoms with E-state index in [4.69, 9.17) is 5.11 Å². The van der Waals surface area contributed by atoms with Crippen LogP contribution in [0.1, 0.15) is 6.92 Å². The summed E-state index contributed by atoms with van der Waals surface area (Å²) >= 11 is 0. The largest absolute Gasteiger partial charge is 0.477 e. The molecule has 0 bridgehead atoms. The standard InChI is InChI=1S/C6H11N2.C4HF7O2/c1-3-8-5-4-7(2)6-8;5-2(6,1(12)13)3(7,8)4(9,10)11/h4-6H,3H2,1-2H3;(H,12,13)/q+1;. The van der Waals surface area contributed by atoms with Crippen molar-refractivity contribution in [3.05, 3.63) is 18.7 Å². The molecule has 0 aliphatic rings. The number of carboxylic acid groups (broad SMARTS) is 1. The van der Waals surface area contributed by atoms with Crippen LogP contribution < -0.4 is 4.57 Å². The van der Waals surface area contributed by atoms with Gasteiger partial charge in [-0.3, -0.25) is 0 Å². The van der Waals surface area contributed by atoms with Gasteiger partial charge in [-0.1, -0.05) is 0 Å². The van der Waals surface area contributed by atoms with Crippen LogP contribution in [0.15, 0.2) is 18.7 Å². The summed E-state index contributed by atoms with van der Waals surface area (Å²) in [5.41, 5.74) is 0. The second-order valence-electron chi connectivity index (χ2n) is 3.86. The highest BCUT2D eigenvalue weighted by atomic mass is 19.4. The second-order valence-corrected chi connectivity index (χ2v) is 3.86. The van der Waals surface area contributed by atoms with Gasteiger partial charge in [-0.2, -0.15) is 30.7 Å². The molecular weight excluding hydrogens is 313 g/mol. The van der Waals surface area contributed by atoms with Crippen LogP contribution in [0, 0.1) is 0 Å². The maximum absolute atomic E-state index is 11.8. The predicted octanol–water partition coefficient (Wildman–Crippen LogP) is 2.24. The van der Waals surface area contributed by atoms with E-state index in [1.54, 1.807) is 0 Å². The molecule has 1 N–H and O–H groups in total. The lowest BCUT2D eigenvalue weighted by atomic mass is 10.1. The van der Waals surface area contributed by atoms with Crippen molar-refractivity contribution < 1.29 is 45.2 Å². The van der Waals surface area contributed by atoms with Crippen LogP contribution in [0.4, 0.5) is 30.7 Å². The quantitative estimate of drug-likeness (QED) is 0.684. The Bertz CT molecular complexity index is 482. The summed E-state index contributed by atoms with van der Waals surface area (Å²) in [6.07, 6.45) is -0.460. The zero-order valence-electron chi connectivity index (χ0n) is 10.8. The van der Waals surface area contributed by atoms with E-state index in [9.17, 15) is 35.5 Å². The normalized spacial score (nSPS) is 12.6. The summed E-state index contributed by atoms with van der Waals surface area (Å²) in [5.74, 6) is -16.3. The van der Waals surface area contributed by atoms with E-state index in [1.807, 2.05) is 17.8 Å². The van der Waals surface area contributed by atoms with Crippen LogP contribution in [0.2, 0.25) is 0 Å². The summed E-state index contributed by atoms with van der Waals surface area (Å²) in [5, 5.41) is 7.41. The molecule has 0 fully saturated rings. The minimum Gasteiger partial charge on any atom is -0.477 e. The van der Waals surface area contributed by atoms with Crippen molar-refractivity contribution >= 4 is 5.97 Å². The van der Waals surface area contributed by atoms with Crippen molar-refractivity contribution in [2.45, 2.75) is 31.5 Å². The maximum Gasteiger partial charge on any atom is 0.460 e. The first-order chi connectivity index (χ1) is 9.27. The Morgan fingerprint density at radius 2 is 1.67 bits per heavy atom. The number of rotatable bonds is 3. The van der Waals surface area contributed by atoms with Crippen molar-refractivity contribution in [2.24, 2.45) is 7.05 Å². The molecule has 0 radical (unpaired) electrons. The zero-order chi connectivity index (χ0) is 17.1. The van der Waals surface area contributed by atoms with Gasteiger partial charge in [0, 0.05) is 0 Å². The molecule has 0 aliphatic carbocycles. The Kier molecular flexibility index (Phi) is 5.76. The Labute approximate surface area is 114 Å². The first-order valence-corrected chi connectivity index (χ1v) is 5.34. The zero-order valence-corrected chi connectivity index (χ0v) is 10.8. The fourth-order valence-corrected chi connectivity index (χ4v) is 1.00. The number of alkyl halides is 7. The molecule has 1 aromatic rings. The minimum atomic E-state index is -6.60. The molecule has 0 amide bonds. The summed E-state index contributed by atoms with van der Waals surface area (Å²) in [4.78, 5) is 9.38. The summed E-state index contributed by atoms with van der Waals surface area (Å²) in [6, 6.07) is 0. The molecule has 1 heterocycles. The molecule has 0 aliphatic heterocycles. The Hall–Kier alpha value is -1.81. The van der Waals surface area contributed by atoms with E-state index < -0.39 is 24.0 Å². The highest BCUT2D eigenvalue weighted by Crippen LogP contribution is 2.46. The average Bonchev–Trinajstić information content (AvgIpc) is 2.74. The van der Waals surface area contributed by atoms with Gasteiger partial charge in [0.25, 0.3) is 0 Å². The molecular formula is C10H12F7N2O2+. The molecule has 0 spiro atoms. The second kappa shape index (κ2) is 6.31. The molecule has 122 valence electrons. The van der Waals surface area contributed by atoms with Gasteiger partial charge in [0.2, 0.25) is 6.33 Å². The number of aromatic nitrogens is 2. The van der Waals surface area contributed by atoms with Crippen LogP contribution >= 0.6 is 0 Å². The number of carbonyl (C=O) groups is 1. The fraction of sp³-hybridized carbons (Fsp3) is 0.600. The van der Waals surface area contributed by atoms with Gasteiger partial charge in [0.1, 0.15) is 12.4 Å². The summed E-state index contributed by atoms with van der Waals surface area (Å²) in [6.45, 7) is 3.18. The average molecular weight is 325 g/mol. The number of imidazole rings is 1. The smallest absolute Gasteiger partial charge is 0.460 e. The number of hydrogen-bond donors (Lipinski definition) is 1. The van der Waals surface area contributed by atoms with Crippen molar-refractivity contribution in [1.29, 1.82) is 0 Å². The van der Waals surface area contributed by atoms with Crippen molar-refractivity contribution in [2.75, 3.05) is 0 Å². The van der Waals surface area contributed by atoms with Crippen LogP contribution in [0.25, 0.3) is 0 Å². The Morgan fingerprint density at radius 1 is 1.19 bits per heavy atom. The summed E-state index contributed by atoms with van der Waals surface area (Å²) < 4.78 is 84.7. The van der Waals surface area contributed by atoms with Gasteiger partial charge in [-0.05, 0) is 6.92 Å². The SMILES string of the molecule is CCn1cc[n+](C)c1.O=C(O)C(F)(F)C(F)(F)C(F)(F)F. The maximum atomic E-state index is 11.8. The van der Waals surface area contributed by atoms with E-state index >= 15 is 0 Å². The monoisotopic (exact) mass is 325 g/mol. The van der Waals surface area contributed by atoms with E-state index in [2.05, 4.69) is 24.0 Å². The molecule has 0 unspecified atom stereocenters. The molecule has 11 heteroatoms. The van der Waals surface area contributed by atoms with Gasteiger partial charge >= 0.3 is 24.0 Å². The molecule has 4 nitrogen and oxygen atoms in total. The lowest BCUT2D eigenvalue weighted by molar-refractivity contribution is -0.671. The lowest BCUT2D eigenvalue weighted by Crippen LogP contribution is -2.56. The predicted molar refractivity (Wildman–Crippen MR) is 54.9 cm³/mol. The van der Waals surface area contributed by atoms with Crippen LogP contribution in [-0.4, -0.2) is 33.7 Å². The first-order valence-electron chi connectivity index (χ1n) is 5.34. The van der Waals surface area contributed by atoms with Crippen molar-refractivity contribution in [1.82, 2.24) is 4.57 Å². The number of carboxylic acids is 1. The van der Waals surface area contributed by atoms with Gasteiger partial charge in [0.05, 0.1) is 13.6 Å². The lowest BCUT2D eigenvalue weighted by Gasteiger charge is -2.24. The summed E-state index contributed by atoms with van der Waals surface area (Å²) in [7, 11) is 2.02. The topological polar surface area (TPSA) is 46.1 Å². The molecule has 21 heavy (non-hydrogen) atoms. The molecule has 0 aromatic carbocycles. The number of halogens is 7. The Balaban J connectivity index is 0.000000423. The third-order valence-electron chi connectivity index (χ3n) is 2.21. The van der Waals surface area contributed by atoms with Crippen LogP contribution in [0.5, 0.6) is 0 Å². The molecule has 0 saturated heterocycles. The molecule has 1 rings (SSSR count). The van der Waals surface area contributed by atoms with Crippen LogP contribution in [-0.2, 0) is 18.4 Å². The molecule has 0 atom stereocenters. The van der Waals surface area contributed by atoms with Gasteiger partial charge < -0.3 is 5.11 Å². The highest BCUT2D eigenvalue weighted by Gasteiger charge is 2.76. The molecule has 0 saturated carbocycles. The molecule has 1 aromatic heterocycles. The first kappa shape index (κ1) is 19.2. The van der Waals surface area contributed by atoms with E-state index in [0.717, 1.165) is 6.54 Å². The Morgan fingerprint density at radius 3 is 1.81 bits per heavy atom. The van der Waals surface area contributed by atoms with Crippen molar-refractivity contribution in [3.8, 4) is 0 Å². The van der Waals surface area contributed by atoms with Crippen molar-refractivity contribution in [3.63, 3.8) is 0 Å². The van der Waals surface area contributed by atoms with Gasteiger partial charge in [-0.15, -0.1) is 0 Å². The number of aliphatic carboxylic acids is 1. The third kappa shape index (κ3) is 4.33. The number of nitrogens with zero attached hydrogens (tertiary/aromatic N) is 2. The number of hydrogen-bond acceptors (Lipinski definition) is 1. The number of aryl methyl sites for hydroxylation is 2. The van der Waals surface area contributed by atoms with Gasteiger partial charge in [-0.25, -0.2) is 13.9 Å². The van der Waals surface area contributed by atoms with Gasteiger partial charge in [0.15, 0.2) is 0 Å². The third-order valence-corrected chi connectivity index (χ3v) is 2.21. The van der Waals surface area contributed by atoms with Crippen LogP contribution in [0.3, 0.4) is 0 Å². The fourth-order valence-electron chi connectivity index (χ4n) is 1.00. The minimum absolute atomic E-state index is 1.06. The highest BCUT2D eigenvalue weighted by molar-refractivity contribution is 5.76.